The maximum Gasteiger partial charge on any atom is 0.355 e. The molecule has 0 saturated heterocycles. The summed E-state index contributed by atoms with van der Waals surface area (Å²) in [5.41, 5.74) is 2.12. The molecule has 3 rings (SSSR count). The molecule has 0 saturated carbocycles. The monoisotopic (exact) mass is 336 g/mol. The molecule has 126 valence electrons. The zero-order valence-corrected chi connectivity index (χ0v) is 13.8. The molecule has 0 aliphatic carbocycles. The first kappa shape index (κ1) is 16.4. The Morgan fingerprint density at radius 3 is 2.56 bits per heavy atom. The number of benzene rings is 1. The number of H-pyrrole nitrogens is 1. The van der Waals surface area contributed by atoms with E-state index in [-0.39, 0.29) is 11.5 Å². The van der Waals surface area contributed by atoms with Crippen LogP contribution in [0.3, 0.4) is 0 Å². The van der Waals surface area contributed by atoms with Crippen molar-refractivity contribution in [3.8, 4) is 5.75 Å². The summed E-state index contributed by atoms with van der Waals surface area (Å²) < 4.78 is 10.1. The van der Waals surface area contributed by atoms with Crippen molar-refractivity contribution in [3.63, 3.8) is 0 Å². The SMILES string of the molecule is COC(=O)c1[nH]c2ccc(OC)cc2c1C=CC(=O)c1ccncc1. The average Bonchev–Trinajstić information content (AvgIpc) is 3.03. The largest absolute Gasteiger partial charge is 0.497 e. The lowest BCUT2D eigenvalue weighted by Gasteiger charge is -2.00. The van der Waals surface area contributed by atoms with Gasteiger partial charge in [0, 0.05) is 34.4 Å². The molecule has 1 N–H and O–H groups in total. The number of ether oxygens (including phenoxy) is 2. The fourth-order valence-electron chi connectivity index (χ4n) is 2.53. The Hall–Kier alpha value is -3.41. The quantitative estimate of drug-likeness (QED) is 0.439. The molecule has 25 heavy (non-hydrogen) atoms. The minimum atomic E-state index is -0.508. The predicted octanol–water partition coefficient (Wildman–Crippen LogP) is 3.25. The number of hydrogen-bond donors (Lipinski definition) is 1. The molecule has 0 fully saturated rings. The number of aromatic amines is 1. The third-order valence-electron chi connectivity index (χ3n) is 3.80. The number of esters is 1. The van der Waals surface area contributed by atoms with Crippen molar-refractivity contribution in [2.45, 2.75) is 0 Å². The van der Waals surface area contributed by atoms with Crippen LogP contribution in [0.25, 0.3) is 17.0 Å². The molecule has 3 aromatic rings. The molecule has 1 aromatic carbocycles. The van der Waals surface area contributed by atoms with Crippen LogP contribution >= 0.6 is 0 Å². The summed E-state index contributed by atoms with van der Waals surface area (Å²) in [5, 5.41) is 0.763. The number of nitrogens with zero attached hydrogens (tertiary/aromatic N) is 1. The first-order valence-corrected chi connectivity index (χ1v) is 7.54. The Labute approximate surface area is 144 Å². The highest BCUT2D eigenvalue weighted by Crippen LogP contribution is 2.28. The van der Waals surface area contributed by atoms with Gasteiger partial charge in [-0.15, -0.1) is 0 Å². The lowest BCUT2D eigenvalue weighted by molar-refractivity contribution is 0.0594. The van der Waals surface area contributed by atoms with Crippen LogP contribution in [0, 0.1) is 0 Å². The van der Waals surface area contributed by atoms with Gasteiger partial charge in [0.05, 0.1) is 14.2 Å². The van der Waals surface area contributed by atoms with Gasteiger partial charge in [-0.3, -0.25) is 9.78 Å². The van der Waals surface area contributed by atoms with E-state index in [9.17, 15) is 9.59 Å². The van der Waals surface area contributed by atoms with E-state index in [0.29, 0.717) is 16.9 Å². The number of carbonyl (C=O) groups excluding carboxylic acids is 2. The van der Waals surface area contributed by atoms with Gasteiger partial charge in [-0.05, 0) is 42.5 Å². The highest BCUT2D eigenvalue weighted by atomic mass is 16.5. The van der Waals surface area contributed by atoms with Crippen molar-refractivity contribution in [1.29, 1.82) is 0 Å². The standard InChI is InChI=1S/C19H16N2O4/c1-24-13-3-5-16-15(11-13)14(18(21-16)19(23)25-2)4-6-17(22)12-7-9-20-10-8-12/h3-11,21H,1-2H3. The summed E-state index contributed by atoms with van der Waals surface area (Å²) in [5.74, 6) is -0.0420. The number of hydrogen-bond acceptors (Lipinski definition) is 5. The second-order valence-corrected chi connectivity index (χ2v) is 5.25. The number of pyridine rings is 1. The number of aromatic nitrogens is 2. The summed E-state index contributed by atoms with van der Waals surface area (Å²) in [6, 6.07) is 8.66. The number of carbonyl (C=O) groups is 2. The van der Waals surface area contributed by atoms with E-state index in [1.54, 1.807) is 49.8 Å². The van der Waals surface area contributed by atoms with Crippen molar-refractivity contribution in [3.05, 3.63) is 65.6 Å². The Balaban J connectivity index is 2.07. The van der Waals surface area contributed by atoms with Gasteiger partial charge in [-0.1, -0.05) is 0 Å². The van der Waals surface area contributed by atoms with Crippen LogP contribution in [-0.4, -0.2) is 35.9 Å². The molecule has 0 aliphatic heterocycles. The first-order valence-electron chi connectivity index (χ1n) is 7.54. The molecule has 0 bridgehead atoms. The predicted molar refractivity (Wildman–Crippen MR) is 93.8 cm³/mol. The Kier molecular flexibility index (Phi) is 4.61. The van der Waals surface area contributed by atoms with Crippen molar-refractivity contribution >= 4 is 28.7 Å². The van der Waals surface area contributed by atoms with E-state index in [2.05, 4.69) is 9.97 Å². The molecule has 0 radical (unpaired) electrons. The third kappa shape index (κ3) is 3.28. The fraction of sp³-hybridized carbons (Fsp3) is 0.105. The topological polar surface area (TPSA) is 81.3 Å². The summed E-state index contributed by atoms with van der Waals surface area (Å²) in [4.78, 5) is 31.3. The Morgan fingerprint density at radius 2 is 1.88 bits per heavy atom. The maximum atomic E-state index is 12.3. The zero-order valence-electron chi connectivity index (χ0n) is 13.8. The van der Waals surface area contributed by atoms with Crippen LogP contribution in [0.2, 0.25) is 0 Å². The molecule has 0 amide bonds. The van der Waals surface area contributed by atoms with Crippen LogP contribution in [0.5, 0.6) is 5.75 Å². The van der Waals surface area contributed by atoms with Crippen LogP contribution in [0.15, 0.2) is 48.8 Å². The number of nitrogens with one attached hydrogen (secondary N) is 1. The van der Waals surface area contributed by atoms with Crippen LogP contribution in [0.4, 0.5) is 0 Å². The molecule has 6 heteroatoms. The van der Waals surface area contributed by atoms with Crippen LogP contribution in [0.1, 0.15) is 26.4 Å². The minimum absolute atomic E-state index is 0.185. The van der Waals surface area contributed by atoms with E-state index in [4.69, 9.17) is 9.47 Å². The molecule has 0 unspecified atom stereocenters. The molecule has 2 aromatic heterocycles. The smallest absolute Gasteiger partial charge is 0.355 e. The van der Waals surface area contributed by atoms with Gasteiger partial charge in [0.2, 0.25) is 0 Å². The van der Waals surface area contributed by atoms with Gasteiger partial charge in [-0.2, -0.15) is 0 Å². The van der Waals surface area contributed by atoms with Gasteiger partial charge in [0.25, 0.3) is 0 Å². The number of fused-ring (bicyclic) bond motifs is 1. The molecular formula is C19H16N2O4. The molecule has 2 heterocycles. The zero-order chi connectivity index (χ0) is 17.8. The molecule has 0 spiro atoms. The second kappa shape index (κ2) is 7.00. The van der Waals surface area contributed by atoms with Gasteiger partial charge < -0.3 is 14.5 Å². The third-order valence-corrected chi connectivity index (χ3v) is 3.80. The van der Waals surface area contributed by atoms with E-state index in [1.807, 2.05) is 6.07 Å². The lowest BCUT2D eigenvalue weighted by atomic mass is 10.1. The van der Waals surface area contributed by atoms with E-state index >= 15 is 0 Å². The number of methoxy groups -OCH3 is 2. The Morgan fingerprint density at radius 1 is 1.12 bits per heavy atom. The van der Waals surface area contributed by atoms with E-state index in [1.165, 1.54) is 13.2 Å². The second-order valence-electron chi connectivity index (χ2n) is 5.25. The number of ketones is 1. The van der Waals surface area contributed by atoms with Crippen LogP contribution < -0.4 is 4.74 Å². The van der Waals surface area contributed by atoms with Crippen LogP contribution in [-0.2, 0) is 4.74 Å². The summed E-state index contributed by atoms with van der Waals surface area (Å²) >= 11 is 0. The molecule has 6 nitrogen and oxygen atoms in total. The van der Waals surface area contributed by atoms with E-state index < -0.39 is 5.97 Å². The summed E-state index contributed by atoms with van der Waals surface area (Å²) in [7, 11) is 2.88. The average molecular weight is 336 g/mol. The van der Waals surface area contributed by atoms with Gasteiger partial charge in [0.15, 0.2) is 5.78 Å². The minimum Gasteiger partial charge on any atom is -0.497 e. The van der Waals surface area contributed by atoms with E-state index in [0.717, 1.165) is 10.9 Å². The van der Waals surface area contributed by atoms with Crippen molar-refractivity contribution in [1.82, 2.24) is 9.97 Å². The fourth-order valence-corrected chi connectivity index (χ4v) is 2.53. The summed E-state index contributed by atoms with van der Waals surface area (Å²) in [6.45, 7) is 0. The molecule has 0 aliphatic rings. The van der Waals surface area contributed by atoms with Crippen molar-refractivity contribution in [2.75, 3.05) is 14.2 Å². The lowest BCUT2D eigenvalue weighted by Crippen LogP contribution is -2.03. The van der Waals surface area contributed by atoms with Crippen molar-refractivity contribution in [2.24, 2.45) is 0 Å². The van der Waals surface area contributed by atoms with Crippen molar-refractivity contribution < 1.29 is 19.1 Å². The summed E-state index contributed by atoms with van der Waals surface area (Å²) in [6.07, 6.45) is 6.13. The molecular weight excluding hydrogens is 320 g/mol. The maximum absolute atomic E-state index is 12.3. The highest BCUT2D eigenvalue weighted by molar-refractivity contribution is 6.09. The highest BCUT2D eigenvalue weighted by Gasteiger charge is 2.17. The van der Waals surface area contributed by atoms with Gasteiger partial charge >= 0.3 is 5.97 Å². The van der Waals surface area contributed by atoms with Gasteiger partial charge in [0.1, 0.15) is 11.4 Å². The number of allylic oxidation sites excluding steroid dienone is 1. The number of rotatable bonds is 5. The Bertz CT molecular complexity index is 958. The normalized spacial score (nSPS) is 11.0. The molecule has 0 atom stereocenters. The van der Waals surface area contributed by atoms with Gasteiger partial charge in [-0.25, -0.2) is 4.79 Å². The first-order chi connectivity index (χ1) is 12.1.